The van der Waals surface area contributed by atoms with Crippen molar-refractivity contribution < 1.29 is 5.11 Å². The van der Waals surface area contributed by atoms with Gasteiger partial charge in [-0.25, -0.2) is 0 Å². The number of nitrogens with two attached hydrogens (primary N) is 1. The molecule has 17 heavy (non-hydrogen) atoms. The predicted molar refractivity (Wildman–Crippen MR) is 69.4 cm³/mol. The van der Waals surface area contributed by atoms with Gasteiger partial charge in [-0.15, -0.1) is 0 Å². The molecule has 0 aliphatic heterocycles. The third kappa shape index (κ3) is 1.75. The Bertz CT molecular complexity index is 629. The molecule has 0 spiro atoms. The molecule has 90 valence electrons. The molecule has 0 saturated heterocycles. The van der Waals surface area contributed by atoms with E-state index in [9.17, 15) is 9.90 Å². The number of H-pyrrole nitrogens is 1. The summed E-state index contributed by atoms with van der Waals surface area (Å²) >= 11 is 0. The lowest BCUT2D eigenvalue weighted by Gasteiger charge is -2.11. The zero-order valence-electron chi connectivity index (χ0n) is 10.0. The molecule has 1 heterocycles. The minimum Gasteiger partial charge on any atom is -0.504 e. The lowest BCUT2D eigenvalue weighted by atomic mass is 9.99. The molecule has 4 heteroatoms. The largest absolute Gasteiger partial charge is 0.504 e. The van der Waals surface area contributed by atoms with Crippen LogP contribution in [0.3, 0.4) is 0 Å². The van der Waals surface area contributed by atoms with Gasteiger partial charge in [0.25, 0.3) is 5.56 Å². The number of benzene rings is 1. The number of aryl methyl sites for hydroxylation is 1. The Kier molecular flexibility index (Phi) is 2.79. The maximum atomic E-state index is 11.8. The second-order valence-electron chi connectivity index (χ2n) is 4.23. The molecule has 2 rings (SSSR count). The number of fused-ring (bicyclic) bond motifs is 1. The Morgan fingerprint density at radius 3 is 2.76 bits per heavy atom. The summed E-state index contributed by atoms with van der Waals surface area (Å²) in [7, 11) is 0. The van der Waals surface area contributed by atoms with E-state index >= 15 is 0 Å². The van der Waals surface area contributed by atoms with Crippen molar-refractivity contribution in [3.05, 3.63) is 33.6 Å². The number of hydrogen-bond donors (Lipinski definition) is 3. The van der Waals surface area contributed by atoms with Gasteiger partial charge in [0.05, 0.1) is 11.2 Å². The number of anilines is 1. The van der Waals surface area contributed by atoms with E-state index < -0.39 is 0 Å². The van der Waals surface area contributed by atoms with Crippen molar-refractivity contribution >= 4 is 16.6 Å². The molecule has 0 radical (unpaired) electrons. The van der Waals surface area contributed by atoms with Crippen LogP contribution in [0.25, 0.3) is 10.9 Å². The molecule has 0 aliphatic carbocycles. The van der Waals surface area contributed by atoms with Crippen LogP contribution >= 0.6 is 0 Å². The Morgan fingerprint density at radius 1 is 1.41 bits per heavy atom. The van der Waals surface area contributed by atoms with Gasteiger partial charge in [-0.05, 0) is 25.0 Å². The molecule has 1 aromatic carbocycles. The summed E-state index contributed by atoms with van der Waals surface area (Å²) in [4.78, 5) is 14.5. The van der Waals surface area contributed by atoms with Gasteiger partial charge >= 0.3 is 0 Å². The summed E-state index contributed by atoms with van der Waals surface area (Å²) in [6.07, 6.45) is 1.76. The molecule has 0 amide bonds. The van der Waals surface area contributed by atoms with E-state index in [2.05, 4.69) is 11.9 Å². The average Bonchev–Trinajstić information content (AvgIpc) is 2.31. The number of aromatic amines is 1. The summed E-state index contributed by atoms with van der Waals surface area (Å²) < 4.78 is 0. The number of aromatic hydroxyl groups is 1. The Morgan fingerprint density at radius 2 is 2.12 bits per heavy atom. The van der Waals surface area contributed by atoms with Crippen LogP contribution < -0.4 is 11.3 Å². The zero-order chi connectivity index (χ0) is 12.6. The highest BCUT2D eigenvalue weighted by atomic mass is 16.3. The van der Waals surface area contributed by atoms with Crippen LogP contribution in [0.2, 0.25) is 0 Å². The first kappa shape index (κ1) is 11.5. The van der Waals surface area contributed by atoms with Crippen molar-refractivity contribution in [3.63, 3.8) is 0 Å². The van der Waals surface area contributed by atoms with Crippen molar-refractivity contribution in [2.24, 2.45) is 0 Å². The SMILES string of the molecule is CCCc1c(C)c(=O)[nH]c2c(O)c(N)ccc12. The van der Waals surface area contributed by atoms with Gasteiger partial charge in [-0.1, -0.05) is 19.4 Å². The molecule has 2 aromatic rings. The Balaban J connectivity index is 2.91. The fourth-order valence-electron chi connectivity index (χ4n) is 2.10. The highest BCUT2D eigenvalue weighted by molar-refractivity contribution is 5.92. The monoisotopic (exact) mass is 232 g/mol. The summed E-state index contributed by atoms with van der Waals surface area (Å²) in [5, 5.41) is 10.7. The quantitative estimate of drug-likeness (QED) is 0.548. The smallest absolute Gasteiger partial charge is 0.251 e. The predicted octanol–water partition coefficient (Wildman–Crippen LogP) is 2.08. The fourth-order valence-corrected chi connectivity index (χ4v) is 2.10. The van der Waals surface area contributed by atoms with Crippen molar-refractivity contribution in [2.45, 2.75) is 26.7 Å². The normalized spacial score (nSPS) is 10.9. The number of phenolic OH excluding ortho intramolecular Hbond substituents is 1. The molecular formula is C13H16N2O2. The van der Waals surface area contributed by atoms with Crippen LogP contribution in [0.1, 0.15) is 24.5 Å². The number of hydrogen-bond acceptors (Lipinski definition) is 3. The van der Waals surface area contributed by atoms with Crippen LogP contribution in [0.4, 0.5) is 5.69 Å². The number of nitrogen functional groups attached to an aromatic ring is 1. The van der Waals surface area contributed by atoms with E-state index in [1.165, 1.54) is 0 Å². The van der Waals surface area contributed by atoms with Crippen molar-refractivity contribution in [2.75, 3.05) is 5.73 Å². The van der Waals surface area contributed by atoms with Gasteiger partial charge in [0.15, 0.2) is 5.75 Å². The van der Waals surface area contributed by atoms with Crippen molar-refractivity contribution in [3.8, 4) is 5.75 Å². The fraction of sp³-hybridized carbons (Fsp3) is 0.308. The number of rotatable bonds is 2. The third-order valence-corrected chi connectivity index (χ3v) is 3.07. The molecule has 0 aliphatic rings. The second kappa shape index (κ2) is 4.13. The molecule has 0 bridgehead atoms. The van der Waals surface area contributed by atoms with E-state index in [1.54, 1.807) is 13.0 Å². The average molecular weight is 232 g/mol. The molecule has 0 atom stereocenters. The molecular weight excluding hydrogens is 216 g/mol. The van der Waals surface area contributed by atoms with Crippen LogP contribution in [-0.2, 0) is 6.42 Å². The highest BCUT2D eigenvalue weighted by Gasteiger charge is 2.12. The minimum atomic E-state index is -0.165. The molecule has 1 aromatic heterocycles. The number of pyridine rings is 1. The molecule has 0 fully saturated rings. The van der Waals surface area contributed by atoms with E-state index in [1.807, 2.05) is 6.07 Å². The van der Waals surface area contributed by atoms with E-state index in [-0.39, 0.29) is 17.0 Å². The van der Waals surface area contributed by atoms with Crippen LogP contribution in [0.15, 0.2) is 16.9 Å². The zero-order valence-corrected chi connectivity index (χ0v) is 10.0. The van der Waals surface area contributed by atoms with Gasteiger partial charge in [-0.2, -0.15) is 0 Å². The molecule has 0 unspecified atom stereocenters. The summed E-state index contributed by atoms with van der Waals surface area (Å²) in [5.74, 6) is -0.0445. The van der Waals surface area contributed by atoms with Gasteiger partial charge < -0.3 is 15.8 Å². The lowest BCUT2D eigenvalue weighted by Crippen LogP contribution is -2.13. The van der Waals surface area contributed by atoms with Crippen LogP contribution in [0.5, 0.6) is 5.75 Å². The van der Waals surface area contributed by atoms with Gasteiger partial charge in [0, 0.05) is 10.9 Å². The topological polar surface area (TPSA) is 79.1 Å². The third-order valence-electron chi connectivity index (χ3n) is 3.07. The highest BCUT2D eigenvalue weighted by Crippen LogP contribution is 2.31. The van der Waals surface area contributed by atoms with E-state index in [4.69, 9.17) is 5.73 Å². The van der Waals surface area contributed by atoms with E-state index in [0.717, 1.165) is 23.8 Å². The van der Waals surface area contributed by atoms with Crippen molar-refractivity contribution in [1.29, 1.82) is 0 Å². The maximum absolute atomic E-state index is 11.8. The second-order valence-corrected chi connectivity index (χ2v) is 4.23. The standard InChI is InChI=1S/C13H16N2O2/c1-3-4-8-7(2)13(17)15-11-9(8)5-6-10(14)12(11)16/h5-6,16H,3-4,14H2,1-2H3,(H,15,17). The molecule has 4 N–H and O–H groups in total. The lowest BCUT2D eigenvalue weighted by molar-refractivity contribution is 0.483. The maximum Gasteiger partial charge on any atom is 0.251 e. The number of aromatic nitrogens is 1. The van der Waals surface area contributed by atoms with Gasteiger partial charge in [0.2, 0.25) is 0 Å². The first-order valence-corrected chi connectivity index (χ1v) is 5.69. The van der Waals surface area contributed by atoms with Crippen LogP contribution in [0, 0.1) is 6.92 Å². The summed E-state index contributed by atoms with van der Waals surface area (Å²) in [6, 6.07) is 3.51. The first-order chi connectivity index (χ1) is 8.06. The number of nitrogens with one attached hydrogen (secondary N) is 1. The van der Waals surface area contributed by atoms with Gasteiger partial charge in [-0.3, -0.25) is 4.79 Å². The van der Waals surface area contributed by atoms with Crippen LogP contribution in [-0.4, -0.2) is 10.1 Å². The Labute approximate surface area is 99.1 Å². The summed E-state index contributed by atoms with van der Waals surface area (Å²) in [6.45, 7) is 3.86. The van der Waals surface area contributed by atoms with Gasteiger partial charge in [0.1, 0.15) is 0 Å². The van der Waals surface area contributed by atoms with E-state index in [0.29, 0.717) is 11.1 Å². The first-order valence-electron chi connectivity index (χ1n) is 5.69. The molecule has 4 nitrogen and oxygen atoms in total. The summed E-state index contributed by atoms with van der Waals surface area (Å²) in [5.41, 5.74) is 7.87. The van der Waals surface area contributed by atoms with Crippen molar-refractivity contribution in [1.82, 2.24) is 4.98 Å². The number of phenols is 1. The molecule has 0 saturated carbocycles. The Hall–Kier alpha value is -1.97. The minimum absolute atomic E-state index is 0.0445.